The quantitative estimate of drug-likeness (QED) is 0.705. The van der Waals surface area contributed by atoms with Gasteiger partial charge in [0.15, 0.2) is 9.84 Å². The van der Waals surface area contributed by atoms with Gasteiger partial charge in [-0.2, -0.15) is 0 Å². The maximum atomic E-state index is 11.4. The van der Waals surface area contributed by atoms with Crippen molar-refractivity contribution in [2.45, 2.75) is 51.7 Å². The maximum absolute atomic E-state index is 11.4. The van der Waals surface area contributed by atoms with Crippen molar-refractivity contribution in [3.05, 3.63) is 0 Å². The molecule has 1 rings (SSSR count). The van der Waals surface area contributed by atoms with E-state index in [-0.39, 0.29) is 6.04 Å². The Morgan fingerprint density at radius 1 is 1.35 bits per heavy atom. The molecule has 5 heteroatoms. The standard InChI is InChI=1S/C12H25NO3S/c1-11(2)16-8-4-3-7-13-12-6-5-9-17(14,15)10-12/h11-13H,3-10H2,1-2H3. The molecule has 4 nitrogen and oxygen atoms in total. The third-order valence-electron chi connectivity index (χ3n) is 2.92. The van der Waals surface area contributed by atoms with Gasteiger partial charge in [0.2, 0.25) is 0 Å². The Morgan fingerprint density at radius 3 is 2.76 bits per heavy atom. The molecule has 1 atom stereocenters. The number of hydrogen-bond donors (Lipinski definition) is 1. The molecule has 1 unspecified atom stereocenters. The van der Waals surface area contributed by atoms with Crippen molar-refractivity contribution < 1.29 is 13.2 Å². The lowest BCUT2D eigenvalue weighted by Crippen LogP contribution is -2.40. The Balaban J connectivity index is 2.03. The molecule has 0 aromatic rings. The van der Waals surface area contributed by atoms with E-state index in [1.165, 1.54) is 0 Å². The molecular formula is C12H25NO3S. The zero-order valence-electron chi connectivity index (χ0n) is 10.9. The molecule has 0 amide bonds. The van der Waals surface area contributed by atoms with Crippen LogP contribution in [0.4, 0.5) is 0 Å². The molecule has 0 saturated carbocycles. The fraction of sp³-hybridized carbons (Fsp3) is 1.00. The molecule has 1 fully saturated rings. The van der Waals surface area contributed by atoms with Crippen LogP contribution in [0, 0.1) is 0 Å². The van der Waals surface area contributed by atoms with E-state index in [4.69, 9.17) is 4.74 Å². The van der Waals surface area contributed by atoms with Crippen LogP contribution in [0.25, 0.3) is 0 Å². The van der Waals surface area contributed by atoms with Gasteiger partial charge in [0, 0.05) is 12.6 Å². The van der Waals surface area contributed by atoms with E-state index in [0.29, 0.717) is 17.6 Å². The summed E-state index contributed by atoms with van der Waals surface area (Å²) in [6, 6.07) is 0.166. The Bertz CT molecular complexity index is 301. The van der Waals surface area contributed by atoms with Crippen molar-refractivity contribution in [1.29, 1.82) is 0 Å². The summed E-state index contributed by atoms with van der Waals surface area (Å²) < 4.78 is 28.3. The normalized spacial score (nSPS) is 24.1. The van der Waals surface area contributed by atoms with Crippen LogP contribution in [0.3, 0.4) is 0 Å². The summed E-state index contributed by atoms with van der Waals surface area (Å²) in [4.78, 5) is 0. The predicted molar refractivity (Wildman–Crippen MR) is 70.0 cm³/mol. The van der Waals surface area contributed by atoms with Crippen molar-refractivity contribution >= 4 is 9.84 Å². The zero-order valence-corrected chi connectivity index (χ0v) is 11.8. The molecule has 0 aromatic carbocycles. The Kier molecular flexibility index (Phi) is 6.44. The van der Waals surface area contributed by atoms with Crippen molar-refractivity contribution in [3.63, 3.8) is 0 Å². The van der Waals surface area contributed by atoms with Gasteiger partial charge in [-0.15, -0.1) is 0 Å². The van der Waals surface area contributed by atoms with Crippen LogP contribution in [0.15, 0.2) is 0 Å². The van der Waals surface area contributed by atoms with E-state index in [9.17, 15) is 8.42 Å². The summed E-state index contributed by atoms with van der Waals surface area (Å²) >= 11 is 0. The zero-order chi connectivity index (χ0) is 12.7. The lowest BCUT2D eigenvalue weighted by molar-refractivity contribution is 0.0759. The van der Waals surface area contributed by atoms with E-state index in [1.807, 2.05) is 13.8 Å². The molecule has 1 aliphatic heterocycles. The molecule has 1 saturated heterocycles. The van der Waals surface area contributed by atoms with Gasteiger partial charge in [0.05, 0.1) is 17.6 Å². The number of hydrogen-bond acceptors (Lipinski definition) is 4. The van der Waals surface area contributed by atoms with E-state index in [0.717, 1.165) is 38.8 Å². The number of rotatable bonds is 7. The summed E-state index contributed by atoms with van der Waals surface area (Å²) in [5, 5.41) is 3.33. The van der Waals surface area contributed by atoms with Gasteiger partial charge in [-0.1, -0.05) is 0 Å². The fourth-order valence-electron chi connectivity index (χ4n) is 2.04. The SMILES string of the molecule is CC(C)OCCCCNC1CCCS(=O)(=O)C1. The molecule has 0 aliphatic carbocycles. The first kappa shape index (κ1) is 14.9. The lowest BCUT2D eigenvalue weighted by Gasteiger charge is -2.23. The molecule has 1 heterocycles. The van der Waals surface area contributed by atoms with Crippen LogP contribution in [0.1, 0.15) is 39.5 Å². The molecule has 1 N–H and O–H groups in total. The first-order chi connectivity index (χ1) is 7.99. The molecule has 0 radical (unpaired) electrons. The highest BCUT2D eigenvalue weighted by atomic mass is 32.2. The third kappa shape index (κ3) is 7.01. The second kappa shape index (κ2) is 7.34. The van der Waals surface area contributed by atoms with Crippen molar-refractivity contribution in [1.82, 2.24) is 5.32 Å². The third-order valence-corrected chi connectivity index (χ3v) is 4.74. The average Bonchev–Trinajstić information content (AvgIpc) is 2.21. The highest BCUT2D eigenvalue weighted by Gasteiger charge is 2.23. The van der Waals surface area contributed by atoms with Gasteiger partial charge >= 0.3 is 0 Å². The van der Waals surface area contributed by atoms with Gasteiger partial charge in [-0.3, -0.25) is 0 Å². The molecule has 102 valence electrons. The minimum Gasteiger partial charge on any atom is -0.379 e. The van der Waals surface area contributed by atoms with Crippen LogP contribution in [-0.2, 0) is 14.6 Å². The molecule has 17 heavy (non-hydrogen) atoms. The smallest absolute Gasteiger partial charge is 0.151 e. The van der Waals surface area contributed by atoms with Crippen LogP contribution < -0.4 is 5.32 Å². The van der Waals surface area contributed by atoms with Crippen LogP contribution in [0.5, 0.6) is 0 Å². The summed E-state index contributed by atoms with van der Waals surface area (Å²) in [7, 11) is -2.78. The minimum absolute atomic E-state index is 0.166. The Hall–Kier alpha value is -0.130. The van der Waals surface area contributed by atoms with E-state index in [1.54, 1.807) is 0 Å². The highest BCUT2D eigenvalue weighted by Crippen LogP contribution is 2.11. The van der Waals surface area contributed by atoms with Gasteiger partial charge in [-0.05, 0) is 46.1 Å². The number of sulfone groups is 1. The fourth-order valence-corrected chi connectivity index (χ4v) is 3.71. The molecule has 1 aliphatic rings. The highest BCUT2D eigenvalue weighted by molar-refractivity contribution is 7.91. The topological polar surface area (TPSA) is 55.4 Å². The molecule has 0 bridgehead atoms. The summed E-state index contributed by atoms with van der Waals surface area (Å²) in [6.07, 6.45) is 4.16. The van der Waals surface area contributed by atoms with Gasteiger partial charge in [-0.25, -0.2) is 8.42 Å². The second-order valence-corrected chi connectivity index (χ2v) is 7.26. The average molecular weight is 263 g/mol. The van der Waals surface area contributed by atoms with Gasteiger partial charge in [0.25, 0.3) is 0 Å². The first-order valence-corrected chi connectivity index (χ1v) is 8.37. The van der Waals surface area contributed by atoms with Crippen molar-refractivity contribution in [2.75, 3.05) is 24.7 Å². The van der Waals surface area contributed by atoms with Gasteiger partial charge in [0.1, 0.15) is 0 Å². The van der Waals surface area contributed by atoms with E-state index >= 15 is 0 Å². The molecular weight excluding hydrogens is 238 g/mol. The van der Waals surface area contributed by atoms with Crippen LogP contribution in [0.2, 0.25) is 0 Å². The van der Waals surface area contributed by atoms with Crippen LogP contribution in [-0.4, -0.2) is 45.2 Å². The van der Waals surface area contributed by atoms with E-state index in [2.05, 4.69) is 5.32 Å². The molecule has 0 spiro atoms. The van der Waals surface area contributed by atoms with Gasteiger partial charge < -0.3 is 10.1 Å². The number of unbranched alkanes of at least 4 members (excludes halogenated alkanes) is 1. The maximum Gasteiger partial charge on any atom is 0.151 e. The van der Waals surface area contributed by atoms with Crippen molar-refractivity contribution in [3.8, 4) is 0 Å². The van der Waals surface area contributed by atoms with E-state index < -0.39 is 9.84 Å². The summed E-state index contributed by atoms with van der Waals surface area (Å²) in [5.41, 5.74) is 0. The largest absolute Gasteiger partial charge is 0.379 e. The Labute approximate surface area is 105 Å². The first-order valence-electron chi connectivity index (χ1n) is 6.55. The number of ether oxygens (including phenoxy) is 1. The monoisotopic (exact) mass is 263 g/mol. The van der Waals surface area contributed by atoms with Crippen LogP contribution >= 0.6 is 0 Å². The lowest BCUT2D eigenvalue weighted by atomic mass is 10.2. The minimum atomic E-state index is -2.78. The Morgan fingerprint density at radius 2 is 2.12 bits per heavy atom. The predicted octanol–water partition coefficient (Wildman–Crippen LogP) is 1.36. The summed E-state index contributed by atoms with van der Waals surface area (Å²) in [5.74, 6) is 0.683. The second-order valence-electron chi connectivity index (χ2n) is 5.03. The summed E-state index contributed by atoms with van der Waals surface area (Å²) in [6.45, 7) is 5.75. The number of nitrogens with one attached hydrogen (secondary N) is 1. The molecule has 0 aromatic heterocycles. The van der Waals surface area contributed by atoms with Crippen molar-refractivity contribution in [2.24, 2.45) is 0 Å².